The minimum absolute atomic E-state index is 0.286. The average Bonchev–Trinajstić information content (AvgIpc) is 2.79. The molecule has 2 nitrogen and oxygen atoms in total. The van der Waals surface area contributed by atoms with Gasteiger partial charge in [0.25, 0.3) is 0 Å². The van der Waals surface area contributed by atoms with E-state index < -0.39 is 0 Å². The van der Waals surface area contributed by atoms with Crippen LogP contribution in [0.4, 0.5) is 0 Å². The maximum atomic E-state index is 7.71. The van der Waals surface area contributed by atoms with Gasteiger partial charge in [-0.1, -0.05) is 61.5 Å². The third-order valence-electron chi connectivity index (χ3n) is 3.76. The Balaban J connectivity index is 1.74. The van der Waals surface area contributed by atoms with E-state index in [2.05, 4.69) is 60.4 Å². The summed E-state index contributed by atoms with van der Waals surface area (Å²) in [6, 6.07) is 19.1. The average molecular weight is 262 g/mol. The van der Waals surface area contributed by atoms with Crippen molar-refractivity contribution in [3.63, 3.8) is 0 Å². The summed E-state index contributed by atoms with van der Waals surface area (Å²) in [5.41, 5.74) is 4.89. The third kappa shape index (κ3) is 2.69. The first-order chi connectivity index (χ1) is 9.72. The van der Waals surface area contributed by atoms with Gasteiger partial charge in [0, 0.05) is 18.1 Å². The molecule has 0 bridgehead atoms. The lowest BCUT2D eigenvalue weighted by Gasteiger charge is -2.05. The van der Waals surface area contributed by atoms with Crippen molar-refractivity contribution in [2.24, 2.45) is 10.9 Å². The Bertz CT molecular complexity index is 639. The summed E-state index contributed by atoms with van der Waals surface area (Å²) in [5, 5.41) is 7.71. The summed E-state index contributed by atoms with van der Waals surface area (Å²) in [6.07, 6.45) is 1.79. The number of amidine groups is 1. The zero-order chi connectivity index (χ0) is 13.9. The molecule has 20 heavy (non-hydrogen) atoms. The molecule has 1 heterocycles. The minimum Gasteiger partial charge on any atom is -0.286 e. The normalized spacial score (nSPS) is 18.1. The highest BCUT2D eigenvalue weighted by molar-refractivity contribution is 6.05. The quantitative estimate of drug-likeness (QED) is 0.853. The Morgan fingerprint density at radius 3 is 2.25 bits per heavy atom. The number of hydrogen-bond donors (Lipinski definition) is 1. The molecule has 3 rings (SSSR count). The molecule has 2 aromatic rings. The predicted octanol–water partition coefficient (Wildman–Crippen LogP) is 4.35. The van der Waals surface area contributed by atoms with Crippen molar-refractivity contribution in [2.45, 2.75) is 19.8 Å². The van der Waals surface area contributed by atoms with E-state index >= 15 is 0 Å². The summed E-state index contributed by atoms with van der Waals surface area (Å²) in [4.78, 5) is 4.35. The number of hydrogen-bond acceptors (Lipinski definition) is 1. The maximum absolute atomic E-state index is 7.71. The van der Waals surface area contributed by atoms with Gasteiger partial charge in [0.15, 0.2) is 0 Å². The molecule has 1 aliphatic heterocycles. The van der Waals surface area contributed by atoms with Crippen molar-refractivity contribution in [2.75, 3.05) is 0 Å². The van der Waals surface area contributed by atoms with Gasteiger partial charge in [-0.25, -0.2) is 4.99 Å². The van der Waals surface area contributed by atoms with Crippen LogP contribution in [0.1, 0.15) is 18.9 Å². The zero-order valence-electron chi connectivity index (χ0n) is 11.6. The van der Waals surface area contributed by atoms with Crippen LogP contribution in [0.3, 0.4) is 0 Å². The van der Waals surface area contributed by atoms with E-state index in [0.717, 1.165) is 18.6 Å². The lowest BCUT2D eigenvalue weighted by Crippen LogP contribution is -2.02. The molecule has 0 saturated heterocycles. The van der Waals surface area contributed by atoms with Crippen LogP contribution in [0, 0.1) is 11.3 Å². The first-order valence-corrected chi connectivity index (χ1v) is 7.01. The van der Waals surface area contributed by atoms with Crippen LogP contribution >= 0.6 is 0 Å². The van der Waals surface area contributed by atoms with Crippen molar-refractivity contribution in [1.29, 1.82) is 5.41 Å². The van der Waals surface area contributed by atoms with Gasteiger partial charge in [0.2, 0.25) is 0 Å². The molecule has 0 spiro atoms. The molecular formula is C18H18N2. The van der Waals surface area contributed by atoms with E-state index in [-0.39, 0.29) is 5.92 Å². The van der Waals surface area contributed by atoms with Crippen molar-refractivity contribution in [3.8, 4) is 11.1 Å². The summed E-state index contributed by atoms with van der Waals surface area (Å²) in [6.45, 7) is 2.07. The van der Waals surface area contributed by atoms with Crippen molar-refractivity contribution < 1.29 is 0 Å². The smallest absolute Gasteiger partial charge is 0.123 e. The van der Waals surface area contributed by atoms with Crippen LogP contribution < -0.4 is 0 Å². The van der Waals surface area contributed by atoms with E-state index in [1.807, 2.05) is 6.07 Å². The monoisotopic (exact) mass is 262 g/mol. The lowest BCUT2D eigenvalue weighted by atomic mass is 9.99. The van der Waals surface area contributed by atoms with Gasteiger partial charge in [0.1, 0.15) is 5.84 Å². The molecule has 2 aromatic carbocycles. The molecular weight excluding hydrogens is 244 g/mol. The van der Waals surface area contributed by atoms with Crippen LogP contribution in [0.25, 0.3) is 11.1 Å². The highest BCUT2D eigenvalue weighted by Gasteiger charge is 2.19. The third-order valence-corrected chi connectivity index (χ3v) is 3.76. The largest absolute Gasteiger partial charge is 0.286 e. The molecule has 0 aromatic heterocycles. The van der Waals surface area contributed by atoms with E-state index in [1.54, 1.807) is 0 Å². The second-order valence-corrected chi connectivity index (χ2v) is 5.41. The number of rotatable bonds is 3. The van der Waals surface area contributed by atoms with E-state index in [9.17, 15) is 0 Å². The standard InChI is InChI=1S/C18H18N2/c1-13-11-17(20-18(13)19)12-14-7-9-16(10-8-14)15-5-3-2-4-6-15/h2-10,13,19H,11-12H2,1H3/t13-/m1/s1. The van der Waals surface area contributed by atoms with Gasteiger partial charge >= 0.3 is 0 Å². The summed E-state index contributed by atoms with van der Waals surface area (Å²) in [7, 11) is 0. The Kier molecular flexibility index (Phi) is 3.46. The summed E-state index contributed by atoms with van der Waals surface area (Å²) >= 11 is 0. The van der Waals surface area contributed by atoms with Gasteiger partial charge in [-0.15, -0.1) is 0 Å². The molecule has 1 atom stereocenters. The second-order valence-electron chi connectivity index (χ2n) is 5.41. The van der Waals surface area contributed by atoms with Crippen LogP contribution in [0.2, 0.25) is 0 Å². The molecule has 0 saturated carbocycles. The highest BCUT2D eigenvalue weighted by Crippen LogP contribution is 2.21. The fraction of sp³-hybridized carbons (Fsp3) is 0.222. The maximum Gasteiger partial charge on any atom is 0.123 e. The molecule has 0 fully saturated rings. The Morgan fingerprint density at radius 2 is 1.65 bits per heavy atom. The molecule has 0 aliphatic carbocycles. The van der Waals surface area contributed by atoms with Crippen LogP contribution in [-0.4, -0.2) is 11.5 Å². The molecule has 100 valence electrons. The van der Waals surface area contributed by atoms with Gasteiger partial charge in [0.05, 0.1) is 0 Å². The van der Waals surface area contributed by atoms with Gasteiger partial charge < -0.3 is 0 Å². The van der Waals surface area contributed by atoms with Gasteiger partial charge in [-0.3, -0.25) is 5.41 Å². The summed E-state index contributed by atoms with van der Waals surface area (Å²) in [5.74, 6) is 0.814. The number of benzene rings is 2. The SMILES string of the molecule is C[C@@H]1CC(Cc2ccc(-c3ccccc3)cc2)=NC1=N. The molecule has 0 unspecified atom stereocenters. The van der Waals surface area contributed by atoms with Crippen molar-refractivity contribution in [3.05, 3.63) is 60.2 Å². The Labute approximate surface area is 119 Å². The van der Waals surface area contributed by atoms with E-state index in [0.29, 0.717) is 5.84 Å². The Hall–Kier alpha value is -2.22. The second kappa shape index (κ2) is 5.41. The number of nitrogens with one attached hydrogen (secondary N) is 1. The summed E-state index contributed by atoms with van der Waals surface area (Å²) < 4.78 is 0. The van der Waals surface area contributed by atoms with Gasteiger partial charge in [-0.2, -0.15) is 0 Å². The fourth-order valence-electron chi connectivity index (χ4n) is 2.57. The van der Waals surface area contributed by atoms with Crippen LogP contribution in [0.15, 0.2) is 59.6 Å². The first kappa shape index (κ1) is 12.8. The van der Waals surface area contributed by atoms with E-state index in [4.69, 9.17) is 5.41 Å². The zero-order valence-corrected chi connectivity index (χ0v) is 11.6. The van der Waals surface area contributed by atoms with E-state index in [1.165, 1.54) is 16.7 Å². The molecule has 0 radical (unpaired) electrons. The van der Waals surface area contributed by atoms with Crippen LogP contribution in [-0.2, 0) is 6.42 Å². The predicted molar refractivity (Wildman–Crippen MR) is 84.5 cm³/mol. The molecule has 1 aliphatic rings. The number of aliphatic imine (C=N–C) groups is 1. The van der Waals surface area contributed by atoms with Gasteiger partial charge in [-0.05, 0) is 23.1 Å². The van der Waals surface area contributed by atoms with Crippen molar-refractivity contribution >= 4 is 11.5 Å². The minimum atomic E-state index is 0.286. The number of nitrogens with zero attached hydrogens (tertiary/aromatic N) is 1. The lowest BCUT2D eigenvalue weighted by molar-refractivity contribution is 0.826. The fourth-order valence-corrected chi connectivity index (χ4v) is 2.57. The highest BCUT2D eigenvalue weighted by atomic mass is 14.9. The first-order valence-electron chi connectivity index (χ1n) is 7.01. The van der Waals surface area contributed by atoms with Crippen molar-refractivity contribution in [1.82, 2.24) is 0 Å². The molecule has 1 N–H and O–H groups in total. The van der Waals surface area contributed by atoms with Crippen LogP contribution in [0.5, 0.6) is 0 Å². The molecule has 0 amide bonds. The Morgan fingerprint density at radius 1 is 1.00 bits per heavy atom. The molecule has 2 heteroatoms. The topological polar surface area (TPSA) is 36.2 Å².